The maximum Gasteiger partial charge on any atom is 0.252 e. The molecule has 0 aliphatic carbocycles. The summed E-state index contributed by atoms with van der Waals surface area (Å²) in [6, 6.07) is 63.1. The third kappa shape index (κ3) is 8.91. The predicted octanol–water partition coefficient (Wildman–Crippen LogP) is 22.8. The third-order valence-corrected chi connectivity index (χ3v) is 19.9. The van der Waals surface area contributed by atoms with Crippen molar-refractivity contribution in [1.82, 2.24) is 9.13 Å². The normalized spacial score (nSPS) is 15.1. The van der Waals surface area contributed by atoms with Gasteiger partial charge < -0.3 is 23.4 Å². The van der Waals surface area contributed by atoms with E-state index in [2.05, 4.69) is 192 Å². The van der Waals surface area contributed by atoms with Crippen LogP contribution < -0.4 is 26.2 Å². The van der Waals surface area contributed by atoms with Crippen molar-refractivity contribution in [3.8, 4) is 44.8 Å². The molecular weight excluding hydrogens is 1160 g/mol. The van der Waals surface area contributed by atoms with E-state index in [0.29, 0.717) is 44.9 Å². The van der Waals surface area contributed by atoms with E-state index in [1.54, 1.807) is 4.57 Å². The molecule has 0 N–H and O–H groups in total. The number of benzene rings is 13. The lowest BCUT2D eigenvalue weighted by Gasteiger charge is -2.45. The van der Waals surface area contributed by atoms with Gasteiger partial charge in [0, 0.05) is 71.9 Å². The lowest BCUT2D eigenvalue weighted by atomic mass is 9.33. The van der Waals surface area contributed by atoms with Crippen LogP contribution >= 0.6 is 0 Å². The van der Waals surface area contributed by atoms with Crippen LogP contribution in [0, 0.1) is 0 Å². The SMILES string of the molecule is [2H]c1c([2H])c([2H])c(-c2ccc3c(c2)B2c4ccc(-n5c6c([2H])c([2H])c([2H])c([2H])c6c6c([2H])c([2H])c([2H])c([2H])c65)cc4N(c4cccc5c4oc4c(C(C)(C)C)cccc45)c4cc(-n5c6ccc(C(C)(C)C)cc6c6cc(C(C)(C)C)ccc65)cc(c42)N3c2ccc(-c3ccccc3)cc2-c2ccccc2)c([2H])c1[2H]. The summed E-state index contributed by atoms with van der Waals surface area (Å²) in [5, 5.41) is 3.75. The van der Waals surface area contributed by atoms with Crippen LogP contribution in [-0.2, 0) is 16.2 Å². The molecule has 2 aliphatic heterocycles. The Hall–Kier alpha value is -11.1. The molecule has 0 unspecified atom stereocenters. The molecule has 0 radical (unpaired) electrons. The largest absolute Gasteiger partial charge is 0.454 e. The summed E-state index contributed by atoms with van der Waals surface area (Å²) in [7, 11) is 0. The average molecular weight is 1250 g/mol. The first kappa shape index (κ1) is 45.3. The minimum absolute atomic E-state index is 0.0224. The van der Waals surface area contributed by atoms with Gasteiger partial charge in [-0.3, -0.25) is 0 Å². The van der Waals surface area contributed by atoms with Gasteiger partial charge in [-0.25, -0.2) is 0 Å². The monoisotopic (exact) mass is 1250 g/mol. The molecule has 18 rings (SSSR count). The average Bonchev–Trinajstić information content (AvgIpc) is 1.58. The van der Waals surface area contributed by atoms with Gasteiger partial charge in [-0.15, -0.1) is 0 Å². The smallest absolute Gasteiger partial charge is 0.252 e. The molecule has 0 fully saturated rings. The number of rotatable bonds is 7. The highest BCUT2D eigenvalue weighted by Gasteiger charge is 2.45. The van der Waals surface area contributed by atoms with Gasteiger partial charge in [-0.2, -0.15) is 0 Å². The minimum atomic E-state index is -0.768. The lowest BCUT2D eigenvalue weighted by molar-refractivity contribution is 0.573. The Kier molecular flexibility index (Phi) is 10.0. The molecule has 2 aliphatic rings. The molecule has 0 atom stereocenters. The van der Waals surface area contributed by atoms with Crippen molar-refractivity contribution in [2.24, 2.45) is 0 Å². The summed E-state index contributed by atoms with van der Waals surface area (Å²) < 4.78 is 133. The van der Waals surface area contributed by atoms with Crippen LogP contribution in [0.4, 0.5) is 34.1 Å². The van der Waals surface area contributed by atoms with E-state index >= 15 is 0 Å². The van der Waals surface area contributed by atoms with Crippen molar-refractivity contribution < 1.29 is 22.2 Å². The van der Waals surface area contributed by atoms with Crippen molar-refractivity contribution in [1.29, 1.82) is 0 Å². The molecule has 13 aromatic carbocycles. The molecule has 16 aromatic rings. The molecule has 5 heterocycles. The van der Waals surface area contributed by atoms with E-state index in [-0.39, 0.29) is 55.7 Å². The Morgan fingerprint density at radius 1 is 0.323 bits per heavy atom. The van der Waals surface area contributed by atoms with Crippen LogP contribution in [0.15, 0.2) is 283 Å². The van der Waals surface area contributed by atoms with Gasteiger partial charge >= 0.3 is 0 Å². The maximum atomic E-state index is 9.78. The first-order valence-electron chi connectivity index (χ1n) is 39.4. The van der Waals surface area contributed by atoms with Crippen molar-refractivity contribution >= 4 is 123 Å². The fourth-order valence-corrected chi connectivity index (χ4v) is 15.2. The first-order valence-corrected chi connectivity index (χ1v) is 32.9. The van der Waals surface area contributed by atoms with Gasteiger partial charge in [0.2, 0.25) is 0 Å². The van der Waals surface area contributed by atoms with Gasteiger partial charge in [0.1, 0.15) is 5.58 Å². The number of furan rings is 1. The fourth-order valence-electron chi connectivity index (χ4n) is 15.2. The second kappa shape index (κ2) is 21.2. The minimum Gasteiger partial charge on any atom is -0.454 e. The van der Waals surface area contributed by atoms with Crippen LogP contribution in [0.25, 0.3) is 110 Å². The van der Waals surface area contributed by atoms with Gasteiger partial charge in [0.05, 0.1) is 56.9 Å². The van der Waals surface area contributed by atoms with E-state index < -0.39 is 73.2 Å². The number of nitrogens with zero attached hydrogens (tertiary/aromatic N) is 4. The van der Waals surface area contributed by atoms with E-state index in [1.165, 1.54) is 11.1 Å². The number of aromatic nitrogens is 2. The van der Waals surface area contributed by atoms with Crippen LogP contribution in [-0.4, -0.2) is 15.8 Å². The first-order chi connectivity index (χ1) is 51.9. The summed E-state index contributed by atoms with van der Waals surface area (Å²) in [5.74, 6) is 0. The molecule has 3 aromatic heterocycles. The maximum absolute atomic E-state index is 9.78. The van der Waals surface area contributed by atoms with Gasteiger partial charge in [-0.05, 0) is 156 Å². The third-order valence-electron chi connectivity index (χ3n) is 19.9. The Labute approximate surface area is 580 Å². The predicted molar refractivity (Wildman–Crippen MR) is 409 cm³/mol. The number of anilines is 6. The molecule has 462 valence electrons. The molecule has 96 heavy (non-hydrogen) atoms. The number of hydrogen-bond acceptors (Lipinski definition) is 3. The number of fused-ring (bicyclic) bond motifs is 13. The van der Waals surface area contributed by atoms with Gasteiger partial charge in [0.25, 0.3) is 6.71 Å². The Bertz CT molecular complexity index is 6500. The quantitative estimate of drug-likeness (QED) is 0.149. The second-order valence-corrected chi connectivity index (χ2v) is 28.8. The second-order valence-electron chi connectivity index (χ2n) is 28.8. The van der Waals surface area contributed by atoms with Gasteiger partial charge in [0.15, 0.2) is 5.58 Å². The molecular formula is C90H73BN4O. The lowest BCUT2D eigenvalue weighted by Crippen LogP contribution is -2.61. The van der Waals surface area contributed by atoms with E-state index in [0.717, 1.165) is 94.1 Å². The molecule has 0 saturated heterocycles. The molecule has 0 amide bonds. The Morgan fingerprint density at radius 3 is 1.49 bits per heavy atom. The Morgan fingerprint density at radius 2 is 0.865 bits per heavy atom. The molecule has 0 spiro atoms. The van der Waals surface area contributed by atoms with Crippen molar-refractivity contribution in [2.45, 2.75) is 78.6 Å². The summed E-state index contributed by atoms with van der Waals surface area (Å²) in [5.41, 5.74) is 17.5. The van der Waals surface area contributed by atoms with E-state index in [1.807, 2.05) is 84.9 Å². The number of para-hydroxylation sites is 4. The highest BCUT2D eigenvalue weighted by molar-refractivity contribution is 7.00. The summed E-state index contributed by atoms with van der Waals surface area (Å²) in [6.07, 6.45) is 0. The highest BCUT2D eigenvalue weighted by Crippen LogP contribution is 2.52. The molecule has 0 bridgehead atoms. The fraction of sp³-hybridized carbons (Fsp3) is 0.133. The zero-order valence-corrected chi connectivity index (χ0v) is 54.8. The highest BCUT2D eigenvalue weighted by atomic mass is 16.3. The van der Waals surface area contributed by atoms with Crippen molar-refractivity contribution in [2.75, 3.05) is 9.80 Å². The summed E-state index contributed by atoms with van der Waals surface area (Å²) in [4.78, 5) is 4.55. The van der Waals surface area contributed by atoms with Gasteiger partial charge in [-0.1, -0.05) is 256 Å². The van der Waals surface area contributed by atoms with Crippen LogP contribution in [0.2, 0.25) is 0 Å². The molecule has 6 heteroatoms. The molecule has 5 nitrogen and oxygen atoms in total. The number of hydrogen-bond donors (Lipinski definition) is 0. The summed E-state index contributed by atoms with van der Waals surface area (Å²) in [6.45, 7) is 19.1. The van der Waals surface area contributed by atoms with Crippen molar-refractivity contribution in [3.05, 3.63) is 295 Å². The van der Waals surface area contributed by atoms with Crippen molar-refractivity contribution in [3.63, 3.8) is 0 Å². The van der Waals surface area contributed by atoms with E-state index in [4.69, 9.17) is 11.3 Å². The van der Waals surface area contributed by atoms with E-state index in [9.17, 15) is 11.0 Å². The zero-order valence-electron chi connectivity index (χ0n) is 67.8. The van der Waals surface area contributed by atoms with Crippen LogP contribution in [0.5, 0.6) is 0 Å². The zero-order chi connectivity index (χ0) is 76.4. The standard InChI is InChI=1S/C90H73BN4O/c1-88(2,3)61-41-47-78-70(51-61)71-52-62(89(4,5)6)42-48-79(71)93(78)64-54-83-85-84(55-64)95(81-38-24-34-68-67-33-23-35-72(90(7,8)9)86(67)96-87(68)81)82-53-63(92-75-36-21-19-31-65(75)66-32-20-22-37-76(66)92)43-44-73(82)91(85)74-50-60(57-27-15-11-16-28-57)40-46-80(74)94(83)77-45-39-59(56-25-13-10-14-26-56)49-69(77)58-29-17-12-18-30-58/h10-55H,1-9H3/i11D,15D,16D,19D,20D,21D,22D,27D,28D,31D,32D,36D,37D. The summed E-state index contributed by atoms with van der Waals surface area (Å²) >= 11 is 0. The Balaban J connectivity index is 1.05. The van der Waals surface area contributed by atoms with Crippen LogP contribution in [0.3, 0.4) is 0 Å². The molecule has 0 saturated carbocycles. The van der Waals surface area contributed by atoms with Crippen LogP contribution in [0.1, 0.15) is 96.8 Å². The topological polar surface area (TPSA) is 29.5 Å².